The Kier molecular flexibility index (Phi) is 6.58. The van der Waals surface area contributed by atoms with Gasteiger partial charge in [-0.1, -0.05) is 34.6 Å². The van der Waals surface area contributed by atoms with Gasteiger partial charge in [0.2, 0.25) is 0 Å². The van der Waals surface area contributed by atoms with Crippen molar-refractivity contribution in [2.75, 3.05) is 6.61 Å². The van der Waals surface area contributed by atoms with Crippen molar-refractivity contribution in [3.63, 3.8) is 0 Å². The van der Waals surface area contributed by atoms with E-state index in [0.717, 1.165) is 11.1 Å². The summed E-state index contributed by atoms with van der Waals surface area (Å²) in [5.74, 6) is -0.126. The molecule has 0 aromatic heterocycles. The molecule has 0 saturated heterocycles. The summed E-state index contributed by atoms with van der Waals surface area (Å²) in [7, 11) is 0. The zero-order valence-electron chi connectivity index (χ0n) is 16.4. The molecule has 0 atom stereocenters. The lowest BCUT2D eigenvalue weighted by atomic mass is 9.75. The predicted molar refractivity (Wildman–Crippen MR) is 101 cm³/mol. The normalized spacial score (nSPS) is 12.4. The van der Waals surface area contributed by atoms with Crippen LogP contribution in [0.25, 0.3) is 6.08 Å². The molecule has 0 unspecified atom stereocenters. The molecule has 1 rings (SSSR count). The summed E-state index contributed by atoms with van der Waals surface area (Å²) in [6, 6.07) is 3.71. The van der Waals surface area contributed by atoms with Gasteiger partial charge >= 0.3 is 5.97 Å². The van der Waals surface area contributed by atoms with Gasteiger partial charge in [-0.05, 0) is 43.0 Å². The Morgan fingerprint density at radius 2 is 1.68 bits per heavy atom. The molecule has 1 N–H and O–H groups in total. The number of carbonyl (C=O) groups is 2. The Labute approximate surface area is 150 Å². The fourth-order valence-electron chi connectivity index (χ4n) is 2.91. The van der Waals surface area contributed by atoms with E-state index in [4.69, 9.17) is 4.74 Å². The van der Waals surface area contributed by atoms with Crippen molar-refractivity contribution in [2.45, 2.75) is 65.7 Å². The second-order valence-electron chi connectivity index (χ2n) is 8.06. The summed E-state index contributed by atoms with van der Waals surface area (Å²) in [6.07, 6.45) is 3.39. The van der Waals surface area contributed by atoms with Crippen molar-refractivity contribution in [3.8, 4) is 5.75 Å². The highest BCUT2D eigenvalue weighted by atomic mass is 16.5. The molecule has 25 heavy (non-hydrogen) atoms. The lowest BCUT2D eigenvalue weighted by molar-refractivity contribution is -0.137. The van der Waals surface area contributed by atoms with E-state index in [9.17, 15) is 14.7 Å². The second-order valence-corrected chi connectivity index (χ2v) is 8.06. The monoisotopic (exact) mass is 346 g/mol. The number of carbonyl (C=O) groups excluding carboxylic acids is 2. The lowest BCUT2D eigenvalue weighted by Gasteiger charge is -2.30. The van der Waals surface area contributed by atoms with Crippen LogP contribution in [-0.4, -0.2) is 23.5 Å². The summed E-state index contributed by atoms with van der Waals surface area (Å²) in [6.45, 7) is 13.6. The minimum absolute atomic E-state index is 0.0641. The molecule has 0 bridgehead atoms. The van der Waals surface area contributed by atoms with Crippen LogP contribution in [0.4, 0.5) is 0 Å². The molecule has 0 radical (unpaired) electrons. The zero-order chi connectivity index (χ0) is 19.4. The molecule has 0 amide bonds. The van der Waals surface area contributed by atoms with Crippen molar-refractivity contribution >= 4 is 17.8 Å². The minimum Gasteiger partial charge on any atom is -0.507 e. The third-order valence-corrected chi connectivity index (χ3v) is 4.06. The van der Waals surface area contributed by atoms with Gasteiger partial charge in [-0.15, -0.1) is 0 Å². The molecule has 0 aliphatic heterocycles. The van der Waals surface area contributed by atoms with Crippen LogP contribution in [0.1, 0.15) is 71.6 Å². The van der Waals surface area contributed by atoms with Gasteiger partial charge in [-0.2, -0.15) is 0 Å². The number of phenolic OH excluding ortho intramolecular Hbond substituents is 1. The lowest BCUT2D eigenvalue weighted by Crippen LogP contribution is -2.23. The molecule has 0 spiro atoms. The summed E-state index contributed by atoms with van der Waals surface area (Å²) < 4.78 is 4.92. The number of ketones is 1. The van der Waals surface area contributed by atoms with Crippen LogP contribution in [0.5, 0.6) is 5.75 Å². The first-order valence-corrected chi connectivity index (χ1v) is 8.60. The maximum Gasteiger partial charge on any atom is 0.330 e. The number of rotatable bonds is 6. The van der Waals surface area contributed by atoms with Gasteiger partial charge in [-0.3, -0.25) is 4.79 Å². The van der Waals surface area contributed by atoms with Gasteiger partial charge in [0.1, 0.15) is 11.5 Å². The number of Topliss-reactive ketones (excluding diaryl/α,β-unsaturated/α-hetero) is 1. The van der Waals surface area contributed by atoms with Gasteiger partial charge in [0.05, 0.1) is 6.61 Å². The molecular weight excluding hydrogens is 316 g/mol. The van der Waals surface area contributed by atoms with Crippen molar-refractivity contribution in [1.29, 1.82) is 0 Å². The Balaban J connectivity index is 3.48. The van der Waals surface area contributed by atoms with Crippen LogP contribution in [0.2, 0.25) is 0 Å². The van der Waals surface area contributed by atoms with Crippen LogP contribution >= 0.6 is 0 Å². The van der Waals surface area contributed by atoms with E-state index in [-0.39, 0.29) is 16.9 Å². The highest BCUT2D eigenvalue weighted by Crippen LogP contribution is 2.41. The van der Waals surface area contributed by atoms with Crippen LogP contribution < -0.4 is 0 Å². The number of esters is 1. The first-order valence-electron chi connectivity index (χ1n) is 8.60. The highest BCUT2D eigenvalue weighted by molar-refractivity contribution is 5.87. The Hall–Kier alpha value is -2.10. The maximum atomic E-state index is 11.6. The molecule has 0 aliphatic carbocycles. The molecule has 0 heterocycles. The SMILES string of the molecule is CCOC(=O)/C=C/c1cc(C(C)(C)C)c(O)c(C(C)(C)CC(C)=O)c1. The van der Waals surface area contributed by atoms with E-state index in [2.05, 4.69) is 0 Å². The van der Waals surface area contributed by atoms with Crippen molar-refractivity contribution in [2.24, 2.45) is 0 Å². The zero-order valence-corrected chi connectivity index (χ0v) is 16.4. The molecule has 1 aromatic carbocycles. The summed E-state index contributed by atoms with van der Waals surface area (Å²) >= 11 is 0. The van der Waals surface area contributed by atoms with E-state index >= 15 is 0 Å². The molecule has 0 saturated carbocycles. The van der Waals surface area contributed by atoms with E-state index in [0.29, 0.717) is 18.6 Å². The van der Waals surface area contributed by atoms with E-state index < -0.39 is 11.4 Å². The largest absolute Gasteiger partial charge is 0.507 e. The summed E-state index contributed by atoms with van der Waals surface area (Å²) in [4.78, 5) is 23.2. The summed E-state index contributed by atoms with van der Waals surface area (Å²) in [5.41, 5.74) is 1.49. The standard InChI is InChI=1S/C21H30O4/c1-8-25-18(23)10-9-15-11-16(20(3,4)5)19(24)17(12-15)21(6,7)13-14(2)22/h9-12,24H,8,13H2,1-7H3/b10-9+. The third kappa shape index (κ3) is 5.73. The maximum absolute atomic E-state index is 11.6. The topological polar surface area (TPSA) is 63.6 Å². The van der Waals surface area contributed by atoms with Crippen LogP contribution in [0, 0.1) is 0 Å². The molecule has 0 fully saturated rings. The minimum atomic E-state index is -0.510. The van der Waals surface area contributed by atoms with Crippen LogP contribution in [0.3, 0.4) is 0 Å². The van der Waals surface area contributed by atoms with Gasteiger partial charge in [0, 0.05) is 29.0 Å². The molecular formula is C21H30O4. The van der Waals surface area contributed by atoms with Crippen molar-refractivity contribution in [1.82, 2.24) is 0 Å². The quantitative estimate of drug-likeness (QED) is 0.607. The fraction of sp³-hybridized carbons (Fsp3) is 0.524. The second kappa shape index (κ2) is 7.85. The average Bonchev–Trinajstić information content (AvgIpc) is 2.43. The molecule has 4 heteroatoms. The first kappa shape index (κ1) is 20.9. The van der Waals surface area contributed by atoms with Gasteiger partial charge in [-0.25, -0.2) is 4.79 Å². The van der Waals surface area contributed by atoms with E-state index in [1.54, 1.807) is 19.9 Å². The number of phenols is 1. The predicted octanol–water partition coefficient (Wildman–Crippen LogP) is 4.52. The highest BCUT2D eigenvalue weighted by Gasteiger charge is 2.30. The number of hydrogen-bond acceptors (Lipinski definition) is 4. The van der Waals surface area contributed by atoms with Gasteiger partial charge < -0.3 is 9.84 Å². The molecule has 0 aliphatic rings. The summed E-state index contributed by atoms with van der Waals surface area (Å²) in [5, 5.41) is 10.8. The molecule has 138 valence electrons. The Bertz CT molecular complexity index is 676. The first-order chi connectivity index (χ1) is 11.4. The third-order valence-electron chi connectivity index (χ3n) is 4.06. The van der Waals surface area contributed by atoms with Gasteiger partial charge in [0.15, 0.2) is 0 Å². The molecule has 1 aromatic rings. The van der Waals surface area contributed by atoms with Gasteiger partial charge in [0.25, 0.3) is 0 Å². The Morgan fingerprint density at radius 1 is 1.12 bits per heavy atom. The van der Waals surface area contributed by atoms with Crippen LogP contribution in [-0.2, 0) is 25.2 Å². The number of benzene rings is 1. The Morgan fingerprint density at radius 3 is 2.16 bits per heavy atom. The smallest absolute Gasteiger partial charge is 0.330 e. The number of aromatic hydroxyl groups is 1. The average molecular weight is 346 g/mol. The van der Waals surface area contributed by atoms with E-state index in [1.807, 2.05) is 46.8 Å². The van der Waals surface area contributed by atoms with Crippen molar-refractivity contribution in [3.05, 3.63) is 34.9 Å². The molecule has 4 nitrogen and oxygen atoms in total. The van der Waals surface area contributed by atoms with Crippen LogP contribution in [0.15, 0.2) is 18.2 Å². The fourth-order valence-corrected chi connectivity index (χ4v) is 2.91. The van der Waals surface area contributed by atoms with E-state index in [1.165, 1.54) is 6.08 Å². The number of hydrogen-bond donors (Lipinski definition) is 1. The van der Waals surface area contributed by atoms with Crippen molar-refractivity contribution < 1.29 is 19.4 Å². The number of ether oxygens (including phenoxy) is 1.